The maximum atomic E-state index is 13.4. The highest BCUT2D eigenvalue weighted by Crippen LogP contribution is 2.20. The molecule has 0 saturated heterocycles. The Hall–Kier alpha value is -2.76. The summed E-state index contributed by atoms with van der Waals surface area (Å²) >= 11 is 7.90. The monoisotopic (exact) mass is 480 g/mol. The fourth-order valence-electron chi connectivity index (χ4n) is 3.62. The van der Waals surface area contributed by atoms with Crippen molar-refractivity contribution in [1.82, 2.24) is 10.2 Å². The number of amides is 2. The summed E-state index contributed by atoms with van der Waals surface area (Å²) in [6, 6.07) is 26.8. The van der Waals surface area contributed by atoms with E-state index in [0.717, 1.165) is 16.9 Å². The molecule has 0 unspecified atom stereocenters. The molecule has 3 aromatic carbocycles. The van der Waals surface area contributed by atoms with Gasteiger partial charge in [0.15, 0.2) is 0 Å². The molecule has 0 aliphatic carbocycles. The molecule has 2 amide bonds. The number of benzene rings is 3. The van der Waals surface area contributed by atoms with E-state index in [4.69, 9.17) is 11.6 Å². The van der Waals surface area contributed by atoms with Crippen molar-refractivity contribution in [2.45, 2.75) is 31.2 Å². The highest BCUT2D eigenvalue weighted by molar-refractivity contribution is 7.98. The lowest BCUT2D eigenvalue weighted by Crippen LogP contribution is -2.49. The lowest BCUT2D eigenvalue weighted by atomic mass is 10.0. The number of rotatable bonds is 11. The van der Waals surface area contributed by atoms with Gasteiger partial charge in [0.25, 0.3) is 0 Å². The molecule has 172 valence electrons. The molecule has 3 rings (SSSR count). The Morgan fingerprint density at radius 3 is 2.18 bits per heavy atom. The van der Waals surface area contributed by atoms with Crippen molar-refractivity contribution in [3.63, 3.8) is 0 Å². The largest absolute Gasteiger partial charge is 0.357 e. The Labute approximate surface area is 205 Å². The smallest absolute Gasteiger partial charge is 0.242 e. The first-order chi connectivity index (χ1) is 16.1. The molecule has 0 aromatic heterocycles. The van der Waals surface area contributed by atoms with E-state index in [0.29, 0.717) is 30.2 Å². The minimum absolute atomic E-state index is 0.0416. The van der Waals surface area contributed by atoms with Crippen molar-refractivity contribution in [2.75, 3.05) is 12.8 Å². The zero-order valence-corrected chi connectivity index (χ0v) is 20.3. The van der Waals surface area contributed by atoms with Crippen molar-refractivity contribution >= 4 is 35.2 Å². The van der Waals surface area contributed by atoms with Gasteiger partial charge in [0, 0.05) is 43.0 Å². The average Bonchev–Trinajstić information content (AvgIpc) is 2.84. The van der Waals surface area contributed by atoms with E-state index in [1.807, 2.05) is 66.7 Å². The minimum atomic E-state index is -0.608. The molecule has 1 atom stereocenters. The standard InChI is InChI=1S/C27H29ClN2O2S/c1-29-27(32)25(18-21-9-4-2-5-10-21)30(19-23-13-8-14-24(28)17-23)26(31)15-16-33-20-22-11-6-3-7-12-22/h2-14,17,25H,15-16,18-20H2,1H3,(H,29,32)/t25-/m1/s1. The second kappa shape index (κ2) is 13.1. The lowest BCUT2D eigenvalue weighted by Gasteiger charge is -2.31. The summed E-state index contributed by atoms with van der Waals surface area (Å²) < 4.78 is 0. The predicted octanol–water partition coefficient (Wildman–Crippen LogP) is 5.35. The Morgan fingerprint density at radius 1 is 0.909 bits per heavy atom. The minimum Gasteiger partial charge on any atom is -0.357 e. The lowest BCUT2D eigenvalue weighted by molar-refractivity contribution is -0.140. The summed E-state index contributed by atoms with van der Waals surface area (Å²) in [7, 11) is 1.61. The molecular formula is C27H29ClN2O2S. The summed E-state index contributed by atoms with van der Waals surface area (Å²) in [4.78, 5) is 28.0. The Morgan fingerprint density at radius 2 is 1.55 bits per heavy atom. The van der Waals surface area contributed by atoms with Crippen LogP contribution in [0.3, 0.4) is 0 Å². The summed E-state index contributed by atoms with van der Waals surface area (Å²) in [5.41, 5.74) is 3.14. The zero-order chi connectivity index (χ0) is 23.5. The van der Waals surface area contributed by atoms with Crippen LogP contribution in [0.25, 0.3) is 0 Å². The van der Waals surface area contributed by atoms with E-state index in [9.17, 15) is 9.59 Å². The van der Waals surface area contributed by atoms with Gasteiger partial charge in [-0.25, -0.2) is 0 Å². The van der Waals surface area contributed by atoms with E-state index >= 15 is 0 Å². The van der Waals surface area contributed by atoms with Crippen LogP contribution < -0.4 is 5.32 Å². The van der Waals surface area contributed by atoms with Crippen LogP contribution >= 0.6 is 23.4 Å². The van der Waals surface area contributed by atoms with Crippen molar-refractivity contribution in [3.8, 4) is 0 Å². The third-order valence-electron chi connectivity index (χ3n) is 5.33. The molecule has 0 saturated carbocycles. The first-order valence-corrected chi connectivity index (χ1v) is 12.5. The van der Waals surface area contributed by atoms with Gasteiger partial charge in [-0.3, -0.25) is 9.59 Å². The highest BCUT2D eigenvalue weighted by Gasteiger charge is 2.29. The predicted molar refractivity (Wildman–Crippen MR) is 137 cm³/mol. The average molecular weight is 481 g/mol. The van der Waals surface area contributed by atoms with E-state index < -0.39 is 6.04 Å². The molecule has 0 aliphatic heterocycles. The number of nitrogens with zero attached hydrogens (tertiary/aromatic N) is 1. The van der Waals surface area contributed by atoms with Gasteiger partial charge < -0.3 is 10.2 Å². The normalized spacial score (nSPS) is 11.6. The zero-order valence-electron chi connectivity index (χ0n) is 18.7. The first-order valence-electron chi connectivity index (χ1n) is 11.0. The van der Waals surface area contributed by atoms with Crippen LogP contribution in [0.15, 0.2) is 84.9 Å². The number of nitrogens with one attached hydrogen (secondary N) is 1. The van der Waals surface area contributed by atoms with E-state index in [1.165, 1.54) is 5.56 Å². The summed E-state index contributed by atoms with van der Waals surface area (Å²) in [6.07, 6.45) is 0.810. The maximum absolute atomic E-state index is 13.4. The van der Waals surface area contributed by atoms with E-state index in [2.05, 4.69) is 17.4 Å². The number of likely N-dealkylation sites (N-methyl/N-ethyl adjacent to an activating group) is 1. The number of halogens is 1. The Bertz CT molecular complexity index is 1030. The fraction of sp³-hybridized carbons (Fsp3) is 0.259. The third kappa shape index (κ3) is 7.95. The molecule has 0 spiro atoms. The molecule has 0 fully saturated rings. The van der Waals surface area contributed by atoms with Gasteiger partial charge in [0.1, 0.15) is 6.04 Å². The van der Waals surface area contributed by atoms with E-state index in [-0.39, 0.29) is 11.8 Å². The number of carbonyl (C=O) groups excluding carboxylic acids is 2. The molecule has 0 bridgehead atoms. The van der Waals surface area contributed by atoms with Gasteiger partial charge in [-0.1, -0.05) is 84.4 Å². The Kier molecular flexibility index (Phi) is 9.85. The van der Waals surface area contributed by atoms with Crippen molar-refractivity contribution < 1.29 is 9.59 Å². The number of thioether (sulfide) groups is 1. The second-order valence-corrected chi connectivity index (χ2v) is 9.30. The van der Waals surface area contributed by atoms with Gasteiger partial charge >= 0.3 is 0 Å². The molecule has 0 heterocycles. The number of hydrogen-bond acceptors (Lipinski definition) is 3. The van der Waals surface area contributed by atoms with Gasteiger partial charge in [0.2, 0.25) is 11.8 Å². The van der Waals surface area contributed by atoms with Crippen molar-refractivity contribution in [3.05, 3.63) is 107 Å². The summed E-state index contributed by atoms with van der Waals surface area (Å²) in [6.45, 7) is 0.327. The van der Waals surface area contributed by atoms with Crippen LogP contribution in [-0.4, -0.2) is 35.6 Å². The molecular weight excluding hydrogens is 452 g/mol. The fourth-order valence-corrected chi connectivity index (χ4v) is 4.72. The quantitative estimate of drug-likeness (QED) is 0.376. The van der Waals surface area contributed by atoms with Crippen LogP contribution in [0.5, 0.6) is 0 Å². The SMILES string of the molecule is CNC(=O)[C@@H](Cc1ccccc1)N(Cc1cccc(Cl)c1)C(=O)CCSCc1ccccc1. The van der Waals surface area contributed by atoms with E-state index in [1.54, 1.807) is 29.8 Å². The third-order valence-corrected chi connectivity index (χ3v) is 6.60. The molecule has 1 N–H and O–H groups in total. The van der Waals surface area contributed by atoms with Gasteiger partial charge in [0.05, 0.1) is 0 Å². The van der Waals surface area contributed by atoms with Crippen LogP contribution in [0.4, 0.5) is 0 Å². The van der Waals surface area contributed by atoms with Crippen LogP contribution in [0.1, 0.15) is 23.1 Å². The number of hydrogen-bond donors (Lipinski definition) is 1. The number of carbonyl (C=O) groups is 2. The van der Waals surface area contributed by atoms with Crippen molar-refractivity contribution in [2.24, 2.45) is 0 Å². The second-order valence-electron chi connectivity index (χ2n) is 7.76. The Balaban J connectivity index is 1.75. The van der Waals surface area contributed by atoms with Gasteiger partial charge in [-0.15, -0.1) is 0 Å². The maximum Gasteiger partial charge on any atom is 0.242 e. The molecule has 3 aromatic rings. The van der Waals surface area contributed by atoms with Crippen LogP contribution in [0, 0.1) is 0 Å². The first kappa shape index (κ1) is 24.9. The highest BCUT2D eigenvalue weighted by atomic mass is 35.5. The van der Waals surface area contributed by atoms with Gasteiger partial charge in [-0.2, -0.15) is 11.8 Å². The van der Waals surface area contributed by atoms with Crippen molar-refractivity contribution in [1.29, 1.82) is 0 Å². The molecule has 6 heteroatoms. The van der Waals surface area contributed by atoms with Crippen LogP contribution in [-0.2, 0) is 28.3 Å². The molecule has 4 nitrogen and oxygen atoms in total. The van der Waals surface area contributed by atoms with Crippen LogP contribution in [0.2, 0.25) is 5.02 Å². The molecule has 33 heavy (non-hydrogen) atoms. The molecule has 0 aliphatic rings. The molecule has 0 radical (unpaired) electrons. The summed E-state index contributed by atoms with van der Waals surface area (Å²) in [5, 5.41) is 3.35. The van der Waals surface area contributed by atoms with Gasteiger partial charge in [-0.05, 0) is 28.8 Å². The topological polar surface area (TPSA) is 49.4 Å². The summed E-state index contributed by atoms with van der Waals surface area (Å²) in [5.74, 6) is 1.32.